The maximum absolute atomic E-state index is 12.5. The molecule has 3 N–H and O–H groups in total. The van der Waals surface area contributed by atoms with Crippen LogP contribution in [0, 0.1) is 22.7 Å². The molecule has 0 saturated heterocycles. The number of allylic oxidation sites excluding steroid dienone is 1. The quantitative estimate of drug-likeness (QED) is 0.331. The second kappa shape index (κ2) is 8.62. The summed E-state index contributed by atoms with van der Waals surface area (Å²) in [5.74, 6) is -0.730. The summed E-state index contributed by atoms with van der Waals surface area (Å²) in [7, 11) is 0. The number of carbonyl (C=O) groups excluding carboxylic acids is 1. The van der Waals surface area contributed by atoms with E-state index in [4.69, 9.17) is 5.11 Å². The van der Waals surface area contributed by atoms with E-state index < -0.39 is 18.4 Å². The minimum atomic E-state index is -1.12. The minimum Gasteiger partial charge on any atom is -0.507 e. The summed E-state index contributed by atoms with van der Waals surface area (Å²) >= 11 is 5.57. The van der Waals surface area contributed by atoms with Gasteiger partial charge in [0.15, 0.2) is 5.01 Å². The standard InChI is InChI=1S/C25H32N2O4S2/c1-13-6-7-17-24(2,3)8-5-9-25(17,4)15(13)10-14-11-16(28)20(32)21-19(14)27-23(33-21)22(31)26-12-18(29)30/h11,15,17,28,32H,1,5-10,12H2,2-4H3,(H,26,31)(H,29,30)/t15-,17?,25+/m0/s1. The Morgan fingerprint density at radius 3 is 2.76 bits per heavy atom. The Morgan fingerprint density at radius 2 is 2.06 bits per heavy atom. The molecular formula is C25H32N2O4S2. The Morgan fingerprint density at radius 1 is 1.33 bits per heavy atom. The number of aliphatic carboxylic acids is 1. The Kier molecular flexibility index (Phi) is 6.29. The predicted molar refractivity (Wildman–Crippen MR) is 133 cm³/mol. The maximum atomic E-state index is 12.5. The topological polar surface area (TPSA) is 99.5 Å². The predicted octanol–water partition coefficient (Wildman–Crippen LogP) is 5.45. The molecule has 1 aromatic heterocycles. The Bertz CT molecular complexity index is 1140. The van der Waals surface area contributed by atoms with Crippen molar-refractivity contribution in [2.75, 3.05) is 6.54 Å². The zero-order valence-corrected chi connectivity index (χ0v) is 21.1. The van der Waals surface area contributed by atoms with Crippen molar-refractivity contribution in [3.05, 3.63) is 28.8 Å². The molecule has 2 aliphatic rings. The highest BCUT2D eigenvalue weighted by Crippen LogP contribution is 2.61. The molecule has 1 amide bonds. The van der Waals surface area contributed by atoms with E-state index in [1.165, 1.54) is 24.8 Å². The lowest BCUT2D eigenvalue weighted by Crippen LogP contribution is -2.50. The second-order valence-corrected chi connectivity index (χ2v) is 12.0. The van der Waals surface area contributed by atoms with Crippen LogP contribution in [0.2, 0.25) is 0 Å². The van der Waals surface area contributed by atoms with Crippen molar-refractivity contribution >= 4 is 46.1 Å². The number of aromatic hydroxyl groups is 1. The lowest BCUT2D eigenvalue weighted by Gasteiger charge is -2.58. The number of carboxylic acid groups (broad SMARTS) is 1. The third kappa shape index (κ3) is 4.28. The molecule has 8 heteroatoms. The van der Waals surface area contributed by atoms with Crippen molar-refractivity contribution in [3.63, 3.8) is 0 Å². The number of hydrogen-bond donors (Lipinski definition) is 4. The van der Waals surface area contributed by atoms with E-state index in [-0.39, 0.29) is 27.5 Å². The number of aromatic nitrogens is 1. The van der Waals surface area contributed by atoms with E-state index >= 15 is 0 Å². The number of thiazole rings is 1. The van der Waals surface area contributed by atoms with Gasteiger partial charge in [0.2, 0.25) is 0 Å². The van der Waals surface area contributed by atoms with Gasteiger partial charge in [-0.15, -0.1) is 24.0 Å². The molecule has 0 bridgehead atoms. The molecule has 1 unspecified atom stereocenters. The van der Waals surface area contributed by atoms with Crippen molar-refractivity contribution in [2.45, 2.75) is 64.2 Å². The number of carboxylic acids is 1. The van der Waals surface area contributed by atoms with Crippen LogP contribution in [0.15, 0.2) is 23.1 Å². The molecular weight excluding hydrogens is 456 g/mol. The van der Waals surface area contributed by atoms with Gasteiger partial charge in [-0.05, 0) is 66.4 Å². The Labute approximate surface area is 203 Å². The normalized spacial score (nSPS) is 26.7. The van der Waals surface area contributed by atoms with Gasteiger partial charge < -0.3 is 15.5 Å². The third-order valence-electron chi connectivity index (χ3n) is 8.04. The first kappa shape index (κ1) is 24.1. The molecule has 2 fully saturated rings. The first-order chi connectivity index (χ1) is 15.4. The van der Waals surface area contributed by atoms with Crippen molar-refractivity contribution in [1.29, 1.82) is 0 Å². The summed E-state index contributed by atoms with van der Waals surface area (Å²) < 4.78 is 0.640. The van der Waals surface area contributed by atoms with Crippen molar-refractivity contribution in [3.8, 4) is 5.75 Å². The third-order valence-corrected chi connectivity index (χ3v) is 9.71. The number of thiol groups is 1. The van der Waals surface area contributed by atoms with Crippen molar-refractivity contribution in [1.82, 2.24) is 10.3 Å². The maximum Gasteiger partial charge on any atom is 0.322 e. The number of phenols is 1. The zero-order chi connectivity index (χ0) is 24.1. The monoisotopic (exact) mass is 488 g/mol. The minimum absolute atomic E-state index is 0.0640. The van der Waals surface area contributed by atoms with Crippen LogP contribution in [-0.2, 0) is 11.2 Å². The van der Waals surface area contributed by atoms with Gasteiger partial charge in [-0.25, -0.2) is 4.98 Å². The van der Waals surface area contributed by atoms with Crippen LogP contribution in [0.1, 0.15) is 68.2 Å². The number of amides is 1. The second-order valence-electron chi connectivity index (χ2n) is 10.5. The fraction of sp³-hybridized carbons (Fsp3) is 0.560. The van der Waals surface area contributed by atoms with Gasteiger partial charge in [0.25, 0.3) is 5.91 Å². The summed E-state index contributed by atoms with van der Waals surface area (Å²) in [5.41, 5.74) is 3.19. The number of carbonyl (C=O) groups is 2. The molecule has 2 saturated carbocycles. The summed E-state index contributed by atoms with van der Waals surface area (Å²) in [4.78, 5) is 28.2. The van der Waals surface area contributed by atoms with E-state index in [1.54, 1.807) is 6.07 Å². The van der Waals surface area contributed by atoms with Gasteiger partial charge in [-0.2, -0.15) is 0 Å². The van der Waals surface area contributed by atoms with Gasteiger partial charge in [-0.3, -0.25) is 9.59 Å². The smallest absolute Gasteiger partial charge is 0.322 e. The highest BCUT2D eigenvalue weighted by molar-refractivity contribution is 7.81. The Balaban J connectivity index is 1.73. The molecule has 0 radical (unpaired) electrons. The fourth-order valence-corrected chi connectivity index (χ4v) is 7.75. The van der Waals surface area contributed by atoms with Crippen LogP contribution in [0.4, 0.5) is 0 Å². The number of fused-ring (bicyclic) bond motifs is 2. The summed E-state index contributed by atoms with van der Waals surface area (Å²) in [6.07, 6.45) is 6.47. The van der Waals surface area contributed by atoms with Crippen LogP contribution in [0.3, 0.4) is 0 Å². The number of hydrogen-bond acceptors (Lipinski definition) is 6. The first-order valence-corrected chi connectivity index (χ1v) is 12.7. The number of benzene rings is 1. The summed E-state index contributed by atoms with van der Waals surface area (Å²) in [6, 6.07) is 1.72. The number of nitrogens with one attached hydrogen (secondary N) is 1. The molecule has 178 valence electrons. The first-order valence-electron chi connectivity index (χ1n) is 11.5. The van der Waals surface area contributed by atoms with E-state index in [2.05, 4.69) is 50.3 Å². The van der Waals surface area contributed by atoms with Crippen LogP contribution in [0.5, 0.6) is 5.75 Å². The average molecular weight is 489 g/mol. The Hall–Kier alpha value is -2.06. The molecule has 0 aliphatic heterocycles. The van der Waals surface area contributed by atoms with Crippen LogP contribution < -0.4 is 5.32 Å². The highest BCUT2D eigenvalue weighted by Gasteiger charge is 2.52. The van der Waals surface area contributed by atoms with Gasteiger partial charge in [0.05, 0.1) is 15.1 Å². The zero-order valence-electron chi connectivity index (χ0n) is 19.4. The van der Waals surface area contributed by atoms with E-state index in [9.17, 15) is 14.7 Å². The number of rotatable bonds is 5. The largest absolute Gasteiger partial charge is 0.507 e. The molecule has 4 rings (SSSR count). The molecule has 2 aliphatic carbocycles. The van der Waals surface area contributed by atoms with E-state index in [0.29, 0.717) is 27.5 Å². The molecule has 33 heavy (non-hydrogen) atoms. The lowest BCUT2D eigenvalue weighted by molar-refractivity contribution is -0.135. The highest BCUT2D eigenvalue weighted by atomic mass is 32.1. The fourth-order valence-electron chi connectivity index (χ4n) is 6.47. The lowest BCUT2D eigenvalue weighted by atomic mass is 9.47. The molecule has 3 atom stereocenters. The van der Waals surface area contributed by atoms with Gasteiger partial charge in [-0.1, -0.05) is 39.3 Å². The molecule has 1 heterocycles. The van der Waals surface area contributed by atoms with E-state index in [1.807, 2.05) is 0 Å². The van der Waals surface area contributed by atoms with E-state index in [0.717, 1.165) is 29.7 Å². The number of phenolic OH excluding ortho intramolecular Hbond substituents is 1. The molecule has 6 nitrogen and oxygen atoms in total. The number of nitrogens with zero attached hydrogens (tertiary/aromatic N) is 1. The van der Waals surface area contributed by atoms with Crippen LogP contribution in [0.25, 0.3) is 10.2 Å². The van der Waals surface area contributed by atoms with Crippen molar-refractivity contribution < 1.29 is 19.8 Å². The summed E-state index contributed by atoms with van der Waals surface area (Å²) in [5, 5.41) is 22.0. The van der Waals surface area contributed by atoms with Gasteiger partial charge in [0.1, 0.15) is 12.3 Å². The molecule has 2 aromatic rings. The van der Waals surface area contributed by atoms with Crippen LogP contribution >= 0.6 is 24.0 Å². The van der Waals surface area contributed by atoms with Gasteiger partial charge >= 0.3 is 5.97 Å². The SMILES string of the molecule is C=C1CCC2C(C)(C)CCC[C@]2(C)[C@H]1Cc1cc(O)c(S)c2sc(C(=O)NCC(=O)O)nc12. The molecule has 1 aromatic carbocycles. The average Bonchev–Trinajstić information content (AvgIpc) is 3.18. The van der Waals surface area contributed by atoms with Crippen LogP contribution in [-0.4, -0.2) is 33.6 Å². The van der Waals surface area contributed by atoms with Gasteiger partial charge in [0, 0.05) is 0 Å². The summed E-state index contributed by atoms with van der Waals surface area (Å²) in [6.45, 7) is 11.2. The van der Waals surface area contributed by atoms with Crippen molar-refractivity contribution in [2.24, 2.45) is 22.7 Å². The molecule has 0 spiro atoms.